The van der Waals surface area contributed by atoms with E-state index in [1.54, 1.807) is 0 Å². The second-order valence-corrected chi connectivity index (χ2v) is 4.40. The van der Waals surface area contributed by atoms with Gasteiger partial charge < -0.3 is 15.8 Å². The van der Waals surface area contributed by atoms with E-state index in [1.165, 1.54) is 12.3 Å². The van der Waals surface area contributed by atoms with Crippen molar-refractivity contribution in [2.45, 2.75) is 25.5 Å². The summed E-state index contributed by atoms with van der Waals surface area (Å²) in [4.78, 5) is 15.0. The predicted molar refractivity (Wildman–Crippen MR) is 64.3 cm³/mol. The first-order valence-electron chi connectivity index (χ1n) is 5.43. The molecule has 2 heterocycles. The van der Waals surface area contributed by atoms with Gasteiger partial charge in [-0.3, -0.25) is 4.79 Å². The number of rotatable bonds is 4. The smallest absolute Gasteiger partial charge is 0.251 e. The molecule has 1 saturated heterocycles. The van der Waals surface area contributed by atoms with Crippen LogP contribution in [-0.2, 0) is 0 Å². The van der Waals surface area contributed by atoms with Gasteiger partial charge in [0.2, 0.25) is 0 Å². The highest BCUT2D eigenvalue weighted by Gasteiger charge is 2.24. The molecule has 92 valence electrons. The molecule has 0 aromatic carbocycles. The van der Waals surface area contributed by atoms with E-state index in [1.807, 2.05) is 6.92 Å². The molecule has 0 bridgehead atoms. The van der Waals surface area contributed by atoms with Gasteiger partial charge in [0.05, 0.1) is 11.8 Å². The second kappa shape index (κ2) is 4.89. The molecule has 17 heavy (non-hydrogen) atoms. The highest BCUT2D eigenvalue weighted by molar-refractivity contribution is 6.32. The third-order valence-electron chi connectivity index (χ3n) is 2.83. The van der Waals surface area contributed by atoms with Crippen molar-refractivity contribution >= 4 is 17.5 Å². The first-order chi connectivity index (χ1) is 8.08. The zero-order valence-electron chi connectivity index (χ0n) is 9.44. The lowest BCUT2D eigenvalue weighted by molar-refractivity contribution is 0.0998. The summed E-state index contributed by atoms with van der Waals surface area (Å²) in [5, 5.41) is 3.35. The lowest BCUT2D eigenvalue weighted by Gasteiger charge is -2.33. The lowest BCUT2D eigenvalue weighted by Crippen LogP contribution is -2.51. The van der Waals surface area contributed by atoms with Crippen LogP contribution in [0.25, 0.3) is 0 Å². The number of ether oxygens (including phenoxy) is 1. The molecule has 1 aliphatic rings. The Bertz CT molecular complexity index is 435. The number of halogens is 1. The number of aromatic nitrogens is 1. The monoisotopic (exact) mass is 255 g/mol. The van der Waals surface area contributed by atoms with Crippen molar-refractivity contribution in [3.8, 4) is 5.75 Å². The normalized spacial score (nSPS) is 20.5. The molecule has 3 N–H and O–H groups in total. The molecule has 6 heteroatoms. The minimum Gasteiger partial charge on any atom is -0.487 e. The van der Waals surface area contributed by atoms with E-state index in [-0.39, 0.29) is 16.8 Å². The number of nitrogens with two attached hydrogens (primary N) is 1. The molecule has 1 unspecified atom stereocenters. The number of amides is 1. The Morgan fingerprint density at radius 2 is 2.47 bits per heavy atom. The Morgan fingerprint density at radius 1 is 1.76 bits per heavy atom. The summed E-state index contributed by atoms with van der Waals surface area (Å²) in [5.74, 6) is -0.105. The van der Waals surface area contributed by atoms with Crippen LogP contribution in [0.2, 0.25) is 5.15 Å². The Balaban J connectivity index is 2.10. The zero-order chi connectivity index (χ0) is 12.4. The van der Waals surface area contributed by atoms with Gasteiger partial charge in [0.1, 0.15) is 17.0 Å². The summed E-state index contributed by atoms with van der Waals surface area (Å²) in [5.41, 5.74) is 5.36. The molecule has 5 nitrogen and oxygen atoms in total. The van der Waals surface area contributed by atoms with Crippen molar-refractivity contribution in [2.24, 2.45) is 5.73 Å². The van der Waals surface area contributed by atoms with Crippen LogP contribution in [0, 0.1) is 0 Å². The van der Waals surface area contributed by atoms with Crippen molar-refractivity contribution in [1.29, 1.82) is 0 Å². The van der Waals surface area contributed by atoms with Gasteiger partial charge in [0, 0.05) is 6.04 Å². The summed E-state index contributed by atoms with van der Waals surface area (Å²) in [6, 6.07) is 1.87. The standard InChI is InChI=1S/C11H14ClN3O2/c1-6(9-2-3-14-9)17-7-4-8(11(13)16)10(12)15-5-7/h4-6,9,14H,2-3H2,1H3,(H2,13,16)/t6?,9-/m1/s1. The van der Waals surface area contributed by atoms with E-state index < -0.39 is 5.91 Å². The third kappa shape index (κ3) is 2.68. The molecule has 1 fully saturated rings. The van der Waals surface area contributed by atoms with Crippen molar-refractivity contribution in [3.05, 3.63) is 23.0 Å². The van der Waals surface area contributed by atoms with E-state index in [9.17, 15) is 4.79 Å². The first-order valence-corrected chi connectivity index (χ1v) is 5.81. The topological polar surface area (TPSA) is 77.2 Å². The maximum absolute atomic E-state index is 11.1. The summed E-state index contributed by atoms with van der Waals surface area (Å²) in [6.07, 6.45) is 2.60. The van der Waals surface area contributed by atoms with Gasteiger partial charge in [-0.15, -0.1) is 0 Å². The highest BCUT2D eigenvalue weighted by atomic mass is 35.5. The number of carbonyl (C=O) groups excluding carboxylic acids is 1. The number of carbonyl (C=O) groups is 1. The third-order valence-corrected chi connectivity index (χ3v) is 3.13. The average Bonchev–Trinajstić information content (AvgIpc) is 2.17. The van der Waals surface area contributed by atoms with Crippen LogP contribution in [-0.4, -0.2) is 29.6 Å². The molecule has 1 aromatic rings. The van der Waals surface area contributed by atoms with Gasteiger partial charge in [0.15, 0.2) is 0 Å². The van der Waals surface area contributed by atoms with Gasteiger partial charge >= 0.3 is 0 Å². The Morgan fingerprint density at radius 3 is 3.00 bits per heavy atom. The maximum atomic E-state index is 11.1. The summed E-state index contributed by atoms with van der Waals surface area (Å²) < 4.78 is 5.67. The molecule has 0 radical (unpaired) electrons. The molecule has 1 aromatic heterocycles. The van der Waals surface area contributed by atoms with E-state index in [4.69, 9.17) is 22.1 Å². The fourth-order valence-corrected chi connectivity index (χ4v) is 1.87. The van der Waals surface area contributed by atoms with Crippen molar-refractivity contribution in [2.75, 3.05) is 6.54 Å². The van der Waals surface area contributed by atoms with E-state index in [2.05, 4.69) is 10.3 Å². The largest absolute Gasteiger partial charge is 0.487 e. The fraction of sp³-hybridized carbons (Fsp3) is 0.455. The van der Waals surface area contributed by atoms with E-state index >= 15 is 0 Å². The average molecular weight is 256 g/mol. The number of primary amides is 1. The maximum Gasteiger partial charge on any atom is 0.251 e. The van der Waals surface area contributed by atoms with Crippen molar-refractivity contribution in [1.82, 2.24) is 10.3 Å². The molecule has 0 spiro atoms. The van der Waals surface area contributed by atoms with Gasteiger partial charge in [-0.2, -0.15) is 0 Å². The van der Waals surface area contributed by atoms with Gasteiger partial charge in [-0.05, 0) is 26.0 Å². The minimum atomic E-state index is -0.609. The molecule has 0 aliphatic carbocycles. The quantitative estimate of drug-likeness (QED) is 0.786. The zero-order valence-corrected chi connectivity index (χ0v) is 10.2. The van der Waals surface area contributed by atoms with Crippen LogP contribution in [0.3, 0.4) is 0 Å². The number of hydrogen-bond donors (Lipinski definition) is 2. The van der Waals surface area contributed by atoms with Gasteiger partial charge in [-0.25, -0.2) is 4.98 Å². The van der Waals surface area contributed by atoms with Crippen LogP contribution in [0.15, 0.2) is 12.3 Å². The summed E-state index contributed by atoms with van der Waals surface area (Å²) >= 11 is 5.75. The van der Waals surface area contributed by atoms with Gasteiger partial charge in [0.25, 0.3) is 5.91 Å². The predicted octanol–water partition coefficient (Wildman–Crippen LogP) is 0.963. The lowest BCUT2D eigenvalue weighted by atomic mass is 10.0. The van der Waals surface area contributed by atoms with Crippen molar-refractivity contribution < 1.29 is 9.53 Å². The summed E-state index contributed by atoms with van der Waals surface area (Å²) in [6.45, 7) is 2.99. The van der Waals surface area contributed by atoms with Crippen LogP contribution in [0.5, 0.6) is 5.75 Å². The van der Waals surface area contributed by atoms with E-state index in [0.29, 0.717) is 11.8 Å². The molecule has 0 saturated carbocycles. The second-order valence-electron chi connectivity index (χ2n) is 4.05. The fourth-order valence-electron chi connectivity index (χ4n) is 1.67. The highest BCUT2D eigenvalue weighted by Crippen LogP contribution is 2.21. The van der Waals surface area contributed by atoms with Crippen LogP contribution in [0.1, 0.15) is 23.7 Å². The number of hydrogen-bond acceptors (Lipinski definition) is 4. The number of nitrogens with zero attached hydrogens (tertiary/aromatic N) is 1. The molecule has 1 aliphatic heterocycles. The minimum absolute atomic E-state index is 0.0208. The molecular weight excluding hydrogens is 242 g/mol. The van der Waals surface area contributed by atoms with Crippen LogP contribution < -0.4 is 15.8 Å². The Kier molecular flexibility index (Phi) is 3.49. The SMILES string of the molecule is CC(Oc1cnc(Cl)c(C(N)=O)c1)[C@H]1CCN1. The molecular formula is C11H14ClN3O2. The van der Waals surface area contributed by atoms with Gasteiger partial charge in [-0.1, -0.05) is 11.6 Å². The molecule has 2 atom stereocenters. The summed E-state index contributed by atoms with van der Waals surface area (Å²) in [7, 11) is 0. The van der Waals surface area contributed by atoms with E-state index in [0.717, 1.165) is 13.0 Å². The molecule has 2 rings (SSSR count). The van der Waals surface area contributed by atoms with Crippen molar-refractivity contribution in [3.63, 3.8) is 0 Å². The Labute approximate surface area is 104 Å². The first kappa shape index (κ1) is 12.1. The van der Waals surface area contributed by atoms with Crippen LogP contribution in [0.4, 0.5) is 0 Å². The van der Waals surface area contributed by atoms with Crippen LogP contribution >= 0.6 is 11.6 Å². The Hall–Kier alpha value is -1.33. The number of pyridine rings is 1. The number of nitrogens with one attached hydrogen (secondary N) is 1. The molecule has 1 amide bonds.